The van der Waals surface area contributed by atoms with Gasteiger partial charge in [0.2, 0.25) is 5.89 Å². The van der Waals surface area contributed by atoms with E-state index in [2.05, 4.69) is 4.98 Å². The normalized spacial score (nSPS) is 15.3. The van der Waals surface area contributed by atoms with Crippen LogP contribution in [0.2, 0.25) is 0 Å². The SMILES string of the molecule is CC(=O)OC1CCc2cc(OCCc3nc(-c4ccccc4)oc3C)ccc21. The summed E-state index contributed by atoms with van der Waals surface area (Å²) in [7, 11) is 0. The quantitative estimate of drug-likeness (QED) is 0.576. The topological polar surface area (TPSA) is 61.6 Å². The molecule has 1 heterocycles. The molecule has 28 heavy (non-hydrogen) atoms. The van der Waals surface area contributed by atoms with Gasteiger partial charge in [-0.15, -0.1) is 0 Å². The van der Waals surface area contributed by atoms with E-state index in [1.165, 1.54) is 12.5 Å². The van der Waals surface area contributed by atoms with Gasteiger partial charge in [0.25, 0.3) is 0 Å². The number of hydrogen-bond acceptors (Lipinski definition) is 5. The second-order valence-corrected chi connectivity index (χ2v) is 6.98. The first-order chi connectivity index (χ1) is 13.6. The summed E-state index contributed by atoms with van der Waals surface area (Å²) >= 11 is 0. The summed E-state index contributed by atoms with van der Waals surface area (Å²) in [6, 6.07) is 15.9. The smallest absolute Gasteiger partial charge is 0.303 e. The van der Waals surface area contributed by atoms with Crippen LogP contribution in [0, 0.1) is 6.92 Å². The van der Waals surface area contributed by atoms with Gasteiger partial charge in [0, 0.05) is 18.9 Å². The van der Waals surface area contributed by atoms with Crippen molar-refractivity contribution in [3.8, 4) is 17.2 Å². The van der Waals surface area contributed by atoms with E-state index in [1.807, 2.05) is 55.5 Å². The Morgan fingerprint density at radius 2 is 2.04 bits per heavy atom. The van der Waals surface area contributed by atoms with Gasteiger partial charge in [0.1, 0.15) is 17.6 Å². The number of fused-ring (bicyclic) bond motifs is 1. The van der Waals surface area contributed by atoms with Crippen molar-refractivity contribution in [2.24, 2.45) is 0 Å². The summed E-state index contributed by atoms with van der Waals surface area (Å²) in [5.41, 5.74) is 4.16. The Morgan fingerprint density at radius 3 is 2.82 bits per heavy atom. The highest BCUT2D eigenvalue weighted by Crippen LogP contribution is 2.36. The van der Waals surface area contributed by atoms with Crippen molar-refractivity contribution in [1.29, 1.82) is 0 Å². The van der Waals surface area contributed by atoms with E-state index in [9.17, 15) is 4.79 Å². The summed E-state index contributed by atoms with van der Waals surface area (Å²) in [4.78, 5) is 15.8. The molecule has 5 nitrogen and oxygen atoms in total. The molecule has 0 saturated carbocycles. The molecule has 1 atom stereocenters. The van der Waals surface area contributed by atoms with Crippen molar-refractivity contribution in [2.75, 3.05) is 6.61 Å². The van der Waals surface area contributed by atoms with Crippen LogP contribution in [-0.4, -0.2) is 17.6 Å². The Kier molecular flexibility index (Phi) is 5.15. The lowest BCUT2D eigenvalue weighted by Gasteiger charge is -2.12. The van der Waals surface area contributed by atoms with Gasteiger partial charge in [-0.1, -0.05) is 24.3 Å². The van der Waals surface area contributed by atoms with Gasteiger partial charge >= 0.3 is 5.97 Å². The fourth-order valence-electron chi connectivity index (χ4n) is 3.60. The van der Waals surface area contributed by atoms with Crippen LogP contribution in [0.5, 0.6) is 5.75 Å². The van der Waals surface area contributed by atoms with Crippen LogP contribution in [0.4, 0.5) is 0 Å². The summed E-state index contributed by atoms with van der Waals surface area (Å²) in [6.07, 6.45) is 2.28. The van der Waals surface area contributed by atoms with E-state index in [0.717, 1.165) is 41.2 Å². The number of oxazole rings is 1. The molecular formula is C23H23NO4. The molecule has 0 aliphatic heterocycles. The van der Waals surface area contributed by atoms with Crippen molar-refractivity contribution < 1.29 is 18.7 Å². The summed E-state index contributed by atoms with van der Waals surface area (Å²) in [5.74, 6) is 2.05. The molecule has 0 N–H and O–H groups in total. The standard InChI is InChI=1S/C23H23NO4/c1-15-21(24-23(27-15)17-6-4-3-5-7-17)12-13-26-19-9-10-20-18(14-19)8-11-22(20)28-16(2)25/h3-7,9-10,14,22H,8,11-13H2,1-2H3. The van der Waals surface area contributed by atoms with Crippen LogP contribution in [0.1, 0.15) is 42.0 Å². The van der Waals surface area contributed by atoms with Crippen molar-refractivity contribution in [3.05, 3.63) is 71.1 Å². The number of carbonyl (C=O) groups is 1. The minimum atomic E-state index is -0.240. The van der Waals surface area contributed by atoms with Crippen LogP contribution in [-0.2, 0) is 22.4 Å². The summed E-state index contributed by atoms with van der Waals surface area (Å²) in [6.45, 7) is 3.90. The largest absolute Gasteiger partial charge is 0.493 e. The third-order valence-corrected chi connectivity index (χ3v) is 4.97. The number of hydrogen-bond donors (Lipinski definition) is 0. The molecule has 5 heteroatoms. The van der Waals surface area contributed by atoms with Gasteiger partial charge in [0.05, 0.1) is 12.3 Å². The monoisotopic (exact) mass is 377 g/mol. The first-order valence-corrected chi connectivity index (χ1v) is 9.54. The minimum Gasteiger partial charge on any atom is -0.493 e. The molecule has 1 unspecified atom stereocenters. The Bertz CT molecular complexity index is 978. The van der Waals surface area contributed by atoms with Gasteiger partial charge < -0.3 is 13.9 Å². The number of nitrogens with zero attached hydrogens (tertiary/aromatic N) is 1. The van der Waals surface area contributed by atoms with Crippen molar-refractivity contribution in [3.63, 3.8) is 0 Å². The number of aryl methyl sites for hydroxylation is 2. The predicted molar refractivity (Wildman–Crippen MR) is 105 cm³/mol. The highest BCUT2D eigenvalue weighted by atomic mass is 16.5. The van der Waals surface area contributed by atoms with E-state index in [-0.39, 0.29) is 12.1 Å². The Labute approximate surface area is 164 Å². The summed E-state index contributed by atoms with van der Waals surface area (Å²) in [5, 5.41) is 0. The molecule has 1 aliphatic carbocycles. The molecule has 2 aromatic carbocycles. The fourth-order valence-corrected chi connectivity index (χ4v) is 3.60. The van der Waals surface area contributed by atoms with Crippen molar-refractivity contribution >= 4 is 5.97 Å². The van der Waals surface area contributed by atoms with Crippen LogP contribution in [0.15, 0.2) is 52.9 Å². The van der Waals surface area contributed by atoms with Crippen LogP contribution in [0.25, 0.3) is 11.5 Å². The van der Waals surface area contributed by atoms with E-state index < -0.39 is 0 Å². The second kappa shape index (κ2) is 7.89. The molecule has 0 radical (unpaired) electrons. The zero-order chi connectivity index (χ0) is 19.5. The number of carbonyl (C=O) groups excluding carboxylic acids is 1. The van der Waals surface area contributed by atoms with Crippen LogP contribution < -0.4 is 4.74 Å². The third-order valence-electron chi connectivity index (χ3n) is 4.97. The Morgan fingerprint density at radius 1 is 1.21 bits per heavy atom. The Balaban J connectivity index is 1.37. The lowest BCUT2D eigenvalue weighted by molar-refractivity contribution is -0.146. The molecule has 0 fully saturated rings. The molecule has 0 saturated heterocycles. The molecule has 0 spiro atoms. The maximum absolute atomic E-state index is 11.2. The maximum atomic E-state index is 11.2. The van der Waals surface area contributed by atoms with E-state index in [4.69, 9.17) is 13.9 Å². The van der Waals surface area contributed by atoms with Gasteiger partial charge in [-0.05, 0) is 55.2 Å². The zero-order valence-corrected chi connectivity index (χ0v) is 16.1. The Hall–Kier alpha value is -3.08. The first-order valence-electron chi connectivity index (χ1n) is 9.54. The van der Waals surface area contributed by atoms with Gasteiger partial charge in [-0.2, -0.15) is 0 Å². The van der Waals surface area contributed by atoms with Crippen molar-refractivity contribution in [1.82, 2.24) is 4.98 Å². The predicted octanol–water partition coefficient (Wildman–Crippen LogP) is 4.82. The molecule has 3 aromatic rings. The molecule has 0 amide bonds. The molecule has 0 bridgehead atoms. The molecule has 1 aromatic heterocycles. The average molecular weight is 377 g/mol. The van der Waals surface area contributed by atoms with E-state index in [1.54, 1.807) is 0 Å². The van der Waals surface area contributed by atoms with E-state index in [0.29, 0.717) is 18.9 Å². The van der Waals surface area contributed by atoms with Gasteiger partial charge in [-0.3, -0.25) is 4.79 Å². The lowest BCUT2D eigenvalue weighted by Crippen LogP contribution is -2.05. The highest BCUT2D eigenvalue weighted by molar-refractivity contribution is 5.66. The average Bonchev–Trinajstić information content (AvgIpc) is 3.26. The number of aromatic nitrogens is 1. The highest BCUT2D eigenvalue weighted by Gasteiger charge is 2.25. The zero-order valence-electron chi connectivity index (χ0n) is 16.1. The van der Waals surface area contributed by atoms with Gasteiger partial charge in [-0.25, -0.2) is 4.98 Å². The molecule has 1 aliphatic rings. The number of benzene rings is 2. The van der Waals surface area contributed by atoms with Crippen LogP contribution >= 0.6 is 0 Å². The van der Waals surface area contributed by atoms with Crippen molar-refractivity contribution in [2.45, 2.75) is 39.2 Å². The second-order valence-electron chi connectivity index (χ2n) is 6.98. The first kappa shape index (κ1) is 18.3. The lowest BCUT2D eigenvalue weighted by atomic mass is 10.1. The molecular weight excluding hydrogens is 354 g/mol. The number of esters is 1. The third kappa shape index (κ3) is 3.93. The minimum absolute atomic E-state index is 0.129. The fraction of sp³-hybridized carbons (Fsp3) is 0.304. The number of rotatable bonds is 6. The molecule has 4 rings (SSSR count). The van der Waals surface area contributed by atoms with Crippen LogP contribution in [0.3, 0.4) is 0 Å². The maximum Gasteiger partial charge on any atom is 0.303 e. The van der Waals surface area contributed by atoms with Gasteiger partial charge in [0.15, 0.2) is 0 Å². The van der Waals surface area contributed by atoms with E-state index >= 15 is 0 Å². The summed E-state index contributed by atoms with van der Waals surface area (Å²) < 4.78 is 17.1. The molecule has 144 valence electrons. The number of ether oxygens (including phenoxy) is 2.